The van der Waals surface area contributed by atoms with Gasteiger partial charge in [0, 0.05) is 5.02 Å². The quantitative estimate of drug-likeness (QED) is 0.828. The van der Waals surface area contributed by atoms with Gasteiger partial charge in [-0.15, -0.1) is 0 Å². The van der Waals surface area contributed by atoms with Crippen LogP contribution in [-0.2, 0) is 6.61 Å². The molecule has 2 rings (SSSR count). The monoisotopic (exact) mass is 271 g/mol. The highest BCUT2D eigenvalue weighted by Crippen LogP contribution is 2.23. The molecule has 0 saturated carbocycles. The first kappa shape index (κ1) is 13.5. The van der Waals surface area contributed by atoms with Gasteiger partial charge in [0.2, 0.25) is 0 Å². The zero-order valence-electron chi connectivity index (χ0n) is 10.9. The Labute approximate surface area is 118 Å². The molecule has 0 amide bonds. The molecule has 0 aliphatic rings. The van der Waals surface area contributed by atoms with Crippen LogP contribution in [0.15, 0.2) is 36.4 Å². The maximum atomic E-state index is 8.83. The van der Waals surface area contributed by atoms with Gasteiger partial charge in [-0.2, -0.15) is 5.26 Å². The highest BCUT2D eigenvalue weighted by molar-refractivity contribution is 6.30. The number of aryl methyl sites for hydroxylation is 2. The van der Waals surface area contributed by atoms with Gasteiger partial charge in [0.1, 0.15) is 12.4 Å². The molecule has 0 saturated heterocycles. The van der Waals surface area contributed by atoms with Crippen LogP contribution in [0.5, 0.6) is 5.75 Å². The van der Waals surface area contributed by atoms with Gasteiger partial charge in [0.05, 0.1) is 11.6 Å². The van der Waals surface area contributed by atoms with E-state index in [-0.39, 0.29) is 0 Å². The lowest BCUT2D eigenvalue weighted by Gasteiger charge is -2.11. The molecule has 0 aliphatic carbocycles. The fourth-order valence-electron chi connectivity index (χ4n) is 1.86. The highest BCUT2D eigenvalue weighted by Gasteiger charge is 2.04. The van der Waals surface area contributed by atoms with E-state index >= 15 is 0 Å². The first-order chi connectivity index (χ1) is 9.10. The normalized spacial score (nSPS) is 10.0. The minimum Gasteiger partial charge on any atom is -0.489 e. The maximum absolute atomic E-state index is 8.83. The number of hydrogen-bond acceptors (Lipinski definition) is 2. The molecule has 3 heteroatoms. The van der Waals surface area contributed by atoms with E-state index in [1.165, 1.54) is 0 Å². The summed E-state index contributed by atoms with van der Waals surface area (Å²) in [7, 11) is 0. The highest BCUT2D eigenvalue weighted by atomic mass is 35.5. The number of benzene rings is 2. The number of halogens is 1. The van der Waals surface area contributed by atoms with Crippen molar-refractivity contribution in [1.82, 2.24) is 0 Å². The first-order valence-corrected chi connectivity index (χ1v) is 6.36. The lowest BCUT2D eigenvalue weighted by atomic mass is 10.1. The van der Waals surface area contributed by atoms with Gasteiger partial charge < -0.3 is 4.74 Å². The van der Waals surface area contributed by atoms with Crippen molar-refractivity contribution in [2.75, 3.05) is 0 Å². The topological polar surface area (TPSA) is 33.0 Å². The molecular weight excluding hydrogens is 258 g/mol. The predicted octanol–water partition coefficient (Wildman–Crippen LogP) is 4.41. The van der Waals surface area contributed by atoms with Gasteiger partial charge in [0.25, 0.3) is 0 Å². The SMILES string of the molecule is Cc1cc(C#N)ccc1COc1ccc(Cl)cc1C. The summed E-state index contributed by atoms with van der Waals surface area (Å²) in [6.45, 7) is 4.43. The van der Waals surface area contributed by atoms with Crippen molar-refractivity contribution in [3.8, 4) is 11.8 Å². The molecule has 2 aromatic carbocycles. The Bertz CT molecular complexity index is 644. The van der Waals surface area contributed by atoms with Crippen molar-refractivity contribution in [2.45, 2.75) is 20.5 Å². The molecule has 0 unspecified atom stereocenters. The summed E-state index contributed by atoms with van der Waals surface area (Å²) < 4.78 is 5.79. The molecule has 2 nitrogen and oxygen atoms in total. The minimum atomic E-state index is 0.486. The minimum absolute atomic E-state index is 0.486. The third-order valence-electron chi connectivity index (χ3n) is 2.99. The first-order valence-electron chi connectivity index (χ1n) is 5.99. The van der Waals surface area contributed by atoms with Crippen LogP contribution in [0.25, 0.3) is 0 Å². The van der Waals surface area contributed by atoms with Crippen LogP contribution in [0.1, 0.15) is 22.3 Å². The number of hydrogen-bond donors (Lipinski definition) is 0. The molecule has 96 valence electrons. The van der Waals surface area contributed by atoms with E-state index in [0.717, 1.165) is 22.4 Å². The van der Waals surface area contributed by atoms with E-state index in [4.69, 9.17) is 21.6 Å². The largest absolute Gasteiger partial charge is 0.489 e. The van der Waals surface area contributed by atoms with E-state index in [9.17, 15) is 0 Å². The van der Waals surface area contributed by atoms with Gasteiger partial charge in [-0.25, -0.2) is 0 Å². The fraction of sp³-hybridized carbons (Fsp3) is 0.188. The number of nitrogens with zero attached hydrogens (tertiary/aromatic N) is 1. The van der Waals surface area contributed by atoms with Crippen molar-refractivity contribution < 1.29 is 4.74 Å². The standard InChI is InChI=1S/C16H14ClNO/c1-11-7-13(9-18)3-4-14(11)10-19-16-6-5-15(17)8-12(16)2/h3-8H,10H2,1-2H3. The number of ether oxygens (including phenoxy) is 1. The zero-order valence-corrected chi connectivity index (χ0v) is 11.7. The molecular formula is C16H14ClNO. The van der Waals surface area contributed by atoms with Gasteiger partial charge in [0.15, 0.2) is 0 Å². The fourth-order valence-corrected chi connectivity index (χ4v) is 2.08. The third-order valence-corrected chi connectivity index (χ3v) is 3.23. The van der Waals surface area contributed by atoms with E-state index in [1.807, 2.05) is 44.2 Å². The Morgan fingerprint density at radius 1 is 1.11 bits per heavy atom. The second-order valence-corrected chi connectivity index (χ2v) is 4.89. The summed E-state index contributed by atoms with van der Waals surface area (Å²) in [5.41, 5.74) is 3.82. The molecule has 0 aromatic heterocycles. The van der Waals surface area contributed by atoms with Gasteiger partial charge in [-0.1, -0.05) is 17.7 Å². The number of rotatable bonds is 3. The van der Waals surface area contributed by atoms with Crippen LogP contribution >= 0.6 is 11.6 Å². The molecule has 0 fully saturated rings. The van der Waals surface area contributed by atoms with Gasteiger partial charge in [-0.3, -0.25) is 0 Å². The smallest absolute Gasteiger partial charge is 0.122 e. The average Bonchev–Trinajstić information content (AvgIpc) is 2.39. The number of nitriles is 1. The Morgan fingerprint density at radius 3 is 2.53 bits per heavy atom. The lowest BCUT2D eigenvalue weighted by Crippen LogP contribution is -1.99. The Morgan fingerprint density at radius 2 is 1.89 bits per heavy atom. The average molecular weight is 272 g/mol. The molecule has 0 radical (unpaired) electrons. The van der Waals surface area contributed by atoms with E-state index in [2.05, 4.69) is 6.07 Å². The molecule has 0 bridgehead atoms. The molecule has 0 spiro atoms. The van der Waals surface area contributed by atoms with E-state index < -0.39 is 0 Å². The van der Waals surface area contributed by atoms with Gasteiger partial charge >= 0.3 is 0 Å². The van der Waals surface area contributed by atoms with Crippen molar-refractivity contribution >= 4 is 11.6 Å². The Hall–Kier alpha value is -1.98. The van der Waals surface area contributed by atoms with Gasteiger partial charge in [-0.05, 0) is 60.9 Å². The summed E-state index contributed by atoms with van der Waals surface area (Å²) in [6.07, 6.45) is 0. The van der Waals surface area contributed by atoms with Crippen LogP contribution in [0.3, 0.4) is 0 Å². The molecule has 0 heterocycles. The van der Waals surface area contributed by atoms with Crippen LogP contribution in [0, 0.1) is 25.2 Å². The maximum Gasteiger partial charge on any atom is 0.122 e. The Balaban J connectivity index is 2.13. The van der Waals surface area contributed by atoms with Crippen LogP contribution in [-0.4, -0.2) is 0 Å². The Kier molecular flexibility index (Phi) is 4.09. The van der Waals surface area contributed by atoms with Crippen molar-refractivity contribution in [2.24, 2.45) is 0 Å². The molecule has 2 aromatic rings. The molecule has 0 atom stereocenters. The summed E-state index contributed by atoms with van der Waals surface area (Å²) in [5, 5.41) is 9.54. The van der Waals surface area contributed by atoms with E-state index in [0.29, 0.717) is 17.2 Å². The predicted molar refractivity (Wildman–Crippen MR) is 76.4 cm³/mol. The summed E-state index contributed by atoms with van der Waals surface area (Å²) >= 11 is 5.91. The zero-order chi connectivity index (χ0) is 13.8. The van der Waals surface area contributed by atoms with Crippen LogP contribution in [0.4, 0.5) is 0 Å². The van der Waals surface area contributed by atoms with Crippen molar-refractivity contribution in [3.63, 3.8) is 0 Å². The van der Waals surface area contributed by atoms with Crippen LogP contribution < -0.4 is 4.74 Å². The van der Waals surface area contributed by atoms with E-state index in [1.54, 1.807) is 6.07 Å². The van der Waals surface area contributed by atoms with Crippen molar-refractivity contribution in [3.05, 3.63) is 63.7 Å². The molecule has 0 aliphatic heterocycles. The van der Waals surface area contributed by atoms with Crippen LogP contribution in [0.2, 0.25) is 5.02 Å². The summed E-state index contributed by atoms with van der Waals surface area (Å²) in [6, 6.07) is 13.3. The lowest BCUT2D eigenvalue weighted by molar-refractivity contribution is 0.303. The molecule has 19 heavy (non-hydrogen) atoms. The third kappa shape index (κ3) is 3.27. The summed E-state index contributed by atoms with van der Waals surface area (Å²) in [4.78, 5) is 0. The second kappa shape index (κ2) is 5.77. The second-order valence-electron chi connectivity index (χ2n) is 4.45. The molecule has 0 N–H and O–H groups in total. The van der Waals surface area contributed by atoms with Crippen molar-refractivity contribution in [1.29, 1.82) is 5.26 Å². The summed E-state index contributed by atoms with van der Waals surface area (Å²) in [5.74, 6) is 0.827.